The van der Waals surface area contributed by atoms with Crippen molar-refractivity contribution in [2.45, 2.75) is 19.4 Å². The van der Waals surface area contributed by atoms with Gasteiger partial charge in [0, 0.05) is 37.6 Å². The highest BCUT2D eigenvalue weighted by atomic mass is 32.1. The van der Waals surface area contributed by atoms with Crippen LogP contribution in [-0.2, 0) is 16.0 Å². The van der Waals surface area contributed by atoms with Gasteiger partial charge in [-0.15, -0.1) is 0 Å². The zero-order valence-electron chi connectivity index (χ0n) is 11.9. The van der Waals surface area contributed by atoms with Crippen molar-refractivity contribution in [3.8, 4) is 0 Å². The predicted octanol–water partition coefficient (Wildman–Crippen LogP) is 2.62. The Morgan fingerprint density at radius 3 is 3.20 bits per heavy atom. The van der Waals surface area contributed by atoms with Gasteiger partial charge in [-0.1, -0.05) is 0 Å². The van der Waals surface area contributed by atoms with E-state index in [1.807, 2.05) is 0 Å². The number of hydrogen-bond donors (Lipinski definition) is 0. The van der Waals surface area contributed by atoms with E-state index in [2.05, 4.69) is 21.7 Å². The molecule has 20 heavy (non-hydrogen) atoms. The maximum atomic E-state index is 6.03. The minimum Gasteiger partial charge on any atom is -0.380 e. The zero-order valence-corrected chi connectivity index (χ0v) is 12.7. The second-order valence-corrected chi connectivity index (χ2v) is 7.61. The molecule has 0 spiro atoms. The van der Waals surface area contributed by atoms with Gasteiger partial charge in [0.1, 0.15) is 0 Å². The van der Waals surface area contributed by atoms with Gasteiger partial charge < -0.3 is 9.47 Å². The van der Waals surface area contributed by atoms with Gasteiger partial charge in [0.15, 0.2) is 0 Å². The lowest BCUT2D eigenvalue weighted by molar-refractivity contribution is 0.0222. The molecule has 1 aromatic rings. The zero-order chi connectivity index (χ0) is 13.4. The van der Waals surface area contributed by atoms with Gasteiger partial charge in [-0.3, -0.25) is 4.90 Å². The number of fused-ring (bicyclic) bond motifs is 1. The van der Waals surface area contributed by atoms with E-state index in [-0.39, 0.29) is 5.41 Å². The average molecular weight is 293 g/mol. The normalized spacial score (nSPS) is 33.7. The summed E-state index contributed by atoms with van der Waals surface area (Å²) in [7, 11) is 0. The van der Waals surface area contributed by atoms with Gasteiger partial charge in [0.2, 0.25) is 0 Å². The highest BCUT2D eigenvalue weighted by molar-refractivity contribution is 7.07. The first-order chi connectivity index (χ1) is 9.84. The SMILES string of the molecule is c1cc(CN2C[C@H]3COC[C@@]3(COCC3CC3)C2)cs1. The maximum Gasteiger partial charge on any atom is 0.0561 e. The van der Waals surface area contributed by atoms with Crippen molar-refractivity contribution in [3.63, 3.8) is 0 Å². The first-order valence-electron chi connectivity index (χ1n) is 7.73. The third kappa shape index (κ3) is 2.67. The Morgan fingerprint density at radius 2 is 2.40 bits per heavy atom. The molecule has 1 saturated carbocycles. The molecule has 1 aliphatic carbocycles. The largest absolute Gasteiger partial charge is 0.380 e. The van der Waals surface area contributed by atoms with Crippen molar-refractivity contribution < 1.29 is 9.47 Å². The van der Waals surface area contributed by atoms with E-state index in [9.17, 15) is 0 Å². The van der Waals surface area contributed by atoms with Crippen LogP contribution in [0.4, 0.5) is 0 Å². The molecule has 0 amide bonds. The number of likely N-dealkylation sites (tertiary alicyclic amines) is 1. The number of thiophene rings is 1. The summed E-state index contributed by atoms with van der Waals surface area (Å²) in [5, 5.41) is 4.44. The van der Waals surface area contributed by atoms with Gasteiger partial charge in [0.05, 0.1) is 19.8 Å². The van der Waals surface area contributed by atoms with Crippen molar-refractivity contribution in [3.05, 3.63) is 22.4 Å². The molecule has 0 N–H and O–H groups in total. The van der Waals surface area contributed by atoms with Gasteiger partial charge in [-0.2, -0.15) is 11.3 Å². The molecule has 1 aromatic heterocycles. The quantitative estimate of drug-likeness (QED) is 0.805. The van der Waals surface area contributed by atoms with Crippen LogP contribution in [0.5, 0.6) is 0 Å². The number of nitrogens with zero attached hydrogens (tertiary/aromatic N) is 1. The molecular formula is C16H23NO2S. The molecule has 0 aromatic carbocycles. The van der Waals surface area contributed by atoms with Crippen LogP contribution in [0, 0.1) is 17.3 Å². The van der Waals surface area contributed by atoms with Crippen LogP contribution in [0.2, 0.25) is 0 Å². The summed E-state index contributed by atoms with van der Waals surface area (Å²) < 4.78 is 11.8. The lowest BCUT2D eigenvalue weighted by atomic mass is 9.82. The molecule has 4 rings (SSSR count). The Kier molecular flexibility index (Phi) is 3.59. The summed E-state index contributed by atoms with van der Waals surface area (Å²) in [6.45, 7) is 7.08. The van der Waals surface area contributed by atoms with Crippen molar-refractivity contribution in [1.82, 2.24) is 4.90 Å². The van der Waals surface area contributed by atoms with E-state index in [0.29, 0.717) is 5.92 Å². The van der Waals surface area contributed by atoms with Crippen LogP contribution in [-0.4, -0.2) is 44.4 Å². The smallest absolute Gasteiger partial charge is 0.0561 e. The third-order valence-electron chi connectivity index (χ3n) is 5.02. The number of hydrogen-bond acceptors (Lipinski definition) is 4. The second kappa shape index (κ2) is 5.41. The summed E-state index contributed by atoms with van der Waals surface area (Å²) in [4.78, 5) is 2.59. The Bertz CT molecular complexity index is 445. The van der Waals surface area contributed by atoms with Crippen molar-refractivity contribution in [2.75, 3.05) is 39.5 Å². The van der Waals surface area contributed by atoms with Gasteiger partial charge in [-0.05, 0) is 41.1 Å². The van der Waals surface area contributed by atoms with E-state index in [1.165, 1.54) is 24.9 Å². The van der Waals surface area contributed by atoms with Crippen LogP contribution in [0.1, 0.15) is 18.4 Å². The minimum absolute atomic E-state index is 0.269. The Hall–Kier alpha value is -0.420. The molecule has 0 radical (unpaired) electrons. The van der Waals surface area contributed by atoms with Crippen LogP contribution >= 0.6 is 11.3 Å². The summed E-state index contributed by atoms with van der Waals surface area (Å²) in [5.41, 5.74) is 1.72. The van der Waals surface area contributed by atoms with Gasteiger partial charge in [0.25, 0.3) is 0 Å². The lowest BCUT2D eigenvalue weighted by Crippen LogP contribution is -2.35. The molecule has 4 heteroatoms. The Balaban J connectivity index is 1.36. The second-order valence-electron chi connectivity index (χ2n) is 6.83. The first-order valence-corrected chi connectivity index (χ1v) is 8.67. The molecule has 0 unspecified atom stereocenters. The first kappa shape index (κ1) is 13.3. The van der Waals surface area contributed by atoms with E-state index in [0.717, 1.165) is 45.4 Å². The average Bonchev–Trinajstić information content (AvgIpc) is 2.84. The molecule has 2 atom stereocenters. The summed E-state index contributed by atoms with van der Waals surface area (Å²) in [6.07, 6.45) is 2.74. The molecule has 110 valence electrons. The molecule has 2 aliphatic heterocycles. The standard InChI is InChI=1S/C16H23NO2S/c1-2-13(1)7-18-11-16-10-17(5-14-3-4-20-9-14)6-15(16)8-19-12-16/h3-4,9,13,15H,1-2,5-8,10-12H2/t15-,16-/m0/s1. The van der Waals surface area contributed by atoms with Crippen molar-refractivity contribution in [1.29, 1.82) is 0 Å². The maximum absolute atomic E-state index is 6.03. The highest BCUT2D eigenvalue weighted by Crippen LogP contribution is 2.42. The monoisotopic (exact) mass is 293 g/mol. The lowest BCUT2D eigenvalue weighted by Gasteiger charge is -2.27. The van der Waals surface area contributed by atoms with E-state index < -0.39 is 0 Å². The fraction of sp³-hybridized carbons (Fsp3) is 0.750. The topological polar surface area (TPSA) is 21.7 Å². The number of rotatable bonds is 6. The van der Waals surface area contributed by atoms with Crippen LogP contribution in [0.3, 0.4) is 0 Å². The fourth-order valence-corrected chi connectivity index (χ4v) is 4.28. The molecular weight excluding hydrogens is 270 g/mol. The van der Waals surface area contributed by atoms with Gasteiger partial charge in [-0.25, -0.2) is 0 Å². The fourth-order valence-electron chi connectivity index (χ4n) is 3.62. The summed E-state index contributed by atoms with van der Waals surface area (Å²) >= 11 is 1.79. The van der Waals surface area contributed by atoms with Crippen LogP contribution < -0.4 is 0 Å². The van der Waals surface area contributed by atoms with E-state index in [4.69, 9.17) is 9.47 Å². The van der Waals surface area contributed by atoms with Crippen LogP contribution in [0.15, 0.2) is 16.8 Å². The number of ether oxygens (including phenoxy) is 2. The molecule has 3 fully saturated rings. The van der Waals surface area contributed by atoms with E-state index >= 15 is 0 Å². The molecule has 3 aliphatic rings. The summed E-state index contributed by atoms with van der Waals surface area (Å²) in [5.74, 6) is 1.52. The Labute approximate surface area is 124 Å². The minimum atomic E-state index is 0.269. The summed E-state index contributed by atoms with van der Waals surface area (Å²) in [6, 6.07) is 2.24. The van der Waals surface area contributed by atoms with Gasteiger partial charge >= 0.3 is 0 Å². The van der Waals surface area contributed by atoms with Crippen molar-refractivity contribution in [2.24, 2.45) is 17.3 Å². The van der Waals surface area contributed by atoms with Crippen LogP contribution in [0.25, 0.3) is 0 Å². The Morgan fingerprint density at radius 1 is 1.45 bits per heavy atom. The third-order valence-corrected chi connectivity index (χ3v) is 5.75. The van der Waals surface area contributed by atoms with Crippen molar-refractivity contribution >= 4 is 11.3 Å². The molecule has 3 heterocycles. The highest BCUT2D eigenvalue weighted by Gasteiger charge is 2.50. The molecule has 2 saturated heterocycles. The van der Waals surface area contributed by atoms with E-state index in [1.54, 1.807) is 11.3 Å². The predicted molar refractivity (Wildman–Crippen MR) is 79.9 cm³/mol. The molecule has 3 nitrogen and oxygen atoms in total. The molecule has 0 bridgehead atoms.